The number of piperidine rings is 2. The summed E-state index contributed by atoms with van der Waals surface area (Å²) in [6.45, 7) is 11.0. The van der Waals surface area contributed by atoms with E-state index < -0.39 is 0 Å². The minimum atomic E-state index is -0.274. The first-order valence-corrected chi connectivity index (χ1v) is 13.9. The van der Waals surface area contributed by atoms with Crippen molar-refractivity contribution in [2.75, 3.05) is 57.7 Å². The van der Waals surface area contributed by atoms with Gasteiger partial charge in [-0.15, -0.1) is 0 Å². The van der Waals surface area contributed by atoms with Crippen molar-refractivity contribution in [3.05, 3.63) is 30.3 Å². The van der Waals surface area contributed by atoms with E-state index >= 15 is 0 Å². The molecule has 35 heavy (non-hydrogen) atoms. The Kier molecular flexibility index (Phi) is 11.0. The molecule has 2 spiro atoms. The number of anilines is 1. The third kappa shape index (κ3) is 7.68. The van der Waals surface area contributed by atoms with E-state index in [2.05, 4.69) is 5.32 Å². The Morgan fingerprint density at radius 3 is 1.60 bits per heavy atom. The molecule has 4 aliphatic rings. The zero-order valence-corrected chi connectivity index (χ0v) is 24.5. The molecule has 0 radical (unpaired) electrons. The molecule has 7 heteroatoms. The number of halogens is 2. The largest absolute Gasteiger partial charge is 1.00 e. The average Bonchev–Trinajstić information content (AvgIpc) is 3.48. The smallest absolute Gasteiger partial charge is 0.411 e. The quantitative estimate of drug-likeness (QED) is 0.436. The zero-order valence-electron chi connectivity index (χ0n) is 21.3. The maximum atomic E-state index is 12.8. The summed E-state index contributed by atoms with van der Waals surface area (Å²) in [5.41, 5.74) is 0.817. The number of rotatable bonds is 6. The summed E-state index contributed by atoms with van der Waals surface area (Å²) in [4.78, 5) is 12.8. The van der Waals surface area contributed by atoms with Crippen molar-refractivity contribution in [1.82, 2.24) is 0 Å². The summed E-state index contributed by atoms with van der Waals surface area (Å²) in [5.74, 6) is 1.42. The van der Waals surface area contributed by atoms with Gasteiger partial charge in [-0.3, -0.25) is 5.32 Å². The molecule has 1 aromatic carbocycles. The number of carbonyl (C=O) groups is 1. The highest BCUT2D eigenvalue weighted by Gasteiger charge is 2.39. The van der Waals surface area contributed by atoms with Crippen LogP contribution in [0.3, 0.4) is 0 Å². The Morgan fingerprint density at radius 1 is 0.743 bits per heavy atom. The third-order valence-electron chi connectivity index (χ3n) is 9.56. The molecule has 1 N–H and O–H groups in total. The molecule has 0 atom stereocenters. The lowest BCUT2D eigenvalue weighted by molar-refractivity contribution is -0.922. The maximum Gasteiger partial charge on any atom is 0.411 e. The molecule has 5 nitrogen and oxygen atoms in total. The van der Waals surface area contributed by atoms with Crippen LogP contribution in [0.5, 0.6) is 0 Å². The first-order valence-electron chi connectivity index (χ1n) is 13.9. The van der Waals surface area contributed by atoms with Crippen molar-refractivity contribution >= 4 is 11.8 Å². The van der Waals surface area contributed by atoms with Gasteiger partial charge >= 0.3 is 6.09 Å². The Balaban J connectivity index is 0.00000171. The highest BCUT2D eigenvalue weighted by Crippen LogP contribution is 2.35. The second-order valence-electron chi connectivity index (χ2n) is 11.8. The van der Waals surface area contributed by atoms with Crippen LogP contribution >= 0.6 is 0 Å². The van der Waals surface area contributed by atoms with Crippen LogP contribution < -0.4 is 39.3 Å². The van der Waals surface area contributed by atoms with E-state index in [1.807, 2.05) is 30.3 Å². The molecular weight excluding hydrogens is 570 g/mol. The van der Waals surface area contributed by atoms with Crippen LogP contribution in [0, 0.1) is 11.8 Å². The fourth-order valence-corrected chi connectivity index (χ4v) is 7.47. The molecule has 5 rings (SSSR count). The van der Waals surface area contributed by atoms with Gasteiger partial charge in [-0.1, -0.05) is 18.2 Å². The second-order valence-corrected chi connectivity index (χ2v) is 11.8. The van der Waals surface area contributed by atoms with E-state index in [-0.39, 0.29) is 46.2 Å². The van der Waals surface area contributed by atoms with Crippen LogP contribution in [0.1, 0.15) is 64.2 Å². The molecule has 0 unspecified atom stereocenters. The Bertz CT molecular complexity index is 724. The summed E-state index contributed by atoms with van der Waals surface area (Å²) >= 11 is 0. The molecule has 4 saturated heterocycles. The number of para-hydroxylation sites is 1. The first kappa shape index (κ1) is 28.9. The van der Waals surface area contributed by atoms with Gasteiger partial charge in [0.15, 0.2) is 0 Å². The number of nitrogens with one attached hydrogen (secondary N) is 1. The van der Waals surface area contributed by atoms with Crippen LogP contribution in [-0.2, 0) is 4.74 Å². The van der Waals surface area contributed by atoms with Gasteiger partial charge in [-0.2, -0.15) is 0 Å². The number of nitrogens with zero attached hydrogens (tertiary/aromatic N) is 2. The normalized spacial score (nSPS) is 26.0. The number of hydrogen-bond acceptors (Lipinski definition) is 2. The number of hydrogen-bond donors (Lipinski definition) is 1. The Labute approximate surface area is 233 Å². The van der Waals surface area contributed by atoms with Crippen molar-refractivity contribution in [2.45, 2.75) is 70.3 Å². The highest BCUT2D eigenvalue weighted by molar-refractivity contribution is 5.84. The number of benzene rings is 1. The summed E-state index contributed by atoms with van der Waals surface area (Å²) in [5, 5.41) is 2.96. The van der Waals surface area contributed by atoms with E-state index in [1.165, 1.54) is 113 Å². The van der Waals surface area contributed by atoms with Gasteiger partial charge < -0.3 is 47.7 Å². The van der Waals surface area contributed by atoms with Crippen LogP contribution in [0.25, 0.3) is 0 Å². The van der Waals surface area contributed by atoms with Gasteiger partial charge in [0.2, 0.25) is 0 Å². The average molecular weight is 615 g/mol. The highest BCUT2D eigenvalue weighted by atomic mass is 79.9. The molecule has 198 valence electrons. The lowest BCUT2D eigenvalue weighted by Crippen LogP contribution is -3.00. The van der Waals surface area contributed by atoms with Crippen LogP contribution in [0.2, 0.25) is 0 Å². The summed E-state index contributed by atoms with van der Waals surface area (Å²) in [6.07, 6.45) is 12.8. The van der Waals surface area contributed by atoms with Crippen LogP contribution in [0.15, 0.2) is 30.3 Å². The minimum Gasteiger partial charge on any atom is -1.00 e. The van der Waals surface area contributed by atoms with Crippen LogP contribution in [0.4, 0.5) is 10.5 Å². The molecule has 0 bridgehead atoms. The van der Waals surface area contributed by atoms with Crippen molar-refractivity contribution < 1.29 is 52.5 Å². The number of amides is 1. The standard InChI is InChI=1S/C28H44N3O2.2BrH/c32-28(29-26-8-2-1-3-9-26)33-27(22-24-10-18-30(19-11-24)14-4-5-15-30)23-25-12-20-31(21-13-25)16-6-7-17-31;;/h1-3,8-9,24-25,27H,4-7,10-23H2;2*1H/q+1;;/p-1. The van der Waals surface area contributed by atoms with Crippen molar-refractivity contribution in [3.8, 4) is 0 Å². The molecule has 4 fully saturated rings. The van der Waals surface area contributed by atoms with Gasteiger partial charge in [-0.25, -0.2) is 4.79 Å². The van der Waals surface area contributed by atoms with E-state index in [0.717, 1.165) is 18.5 Å². The molecule has 1 amide bonds. The molecular formula is C28H45Br2N3O2. The Morgan fingerprint density at radius 2 is 1.17 bits per heavy atom. The molecule has 0 aromatic heterocycles. The predicted octanol–water partition coefficient (Wildman–Crippen LogP) is -0.567. The fraction of sp³-hybridized carbons (Fsp3) is 0.750. The predicted molar refractivity (Wildman–Crippen MR) is 133 cm³/mol. The van der Waals surface area contributed by atoms with Gasteiger partial charge in [0.05, 0.1) is 52.4 Å². The molecule has 1 aromatic rings. The fourth-order valence-electron chi connectivity index (χ4n) is 7.47. The van der Waals surface area contributed by atoms with Crippen LogP contribution in [-0.4, -0.2) is 73.5 Å². The van der Waals surface area contributed by atoms with Gasteiger partial charge in [-0.05, 0) is 62.5 Å². The van der Waals surface area contributed by atoms with E-state index in [9.17, 15) is 4.79 Å². The maximum absolute atomic E-state index is 12.8. The number of ether oxygens (including phenoxy) is 1. The van der Waals surface area contributed by atoms with Gasteiger partial charge in [0.1, 0.15) is 6.10 Å². The van der Waals surface area contributed by atoms with E-state index in [1.54, 1.807) is 0 Å². The van der Waals surface area contributed by atoms with Crippen molar-refractivity contribution in [3.63, 3.8) is 0 Å². The topological polar surface area (TPSA) is 38.3 Å². The minimum absolute atomic E-state index is 0. The lowest BCUT2D eigenvalue weighted by Gasteiger charge is -2.42. The number of carbonyl (C=O) groups excluding carboxylic acids is 1. The zero-order chi connectivity index (χ0) is 22.6. The van der Waals surface area contributed by atoms with Crippen molar-refractivity contribution in [2.24, 2.45) is 11.8 Å². The van der Waals surface area contributed by atoms with Gasteiger partial charge in [0, 0.05) is 31.4 Å². The summed E-state index contributed by atoms with van der Waals surface area (Å²) in [7, 11) is 0. The molecule has 0 saturated carbocycles. The van der Waals surface area contributed by atoms with E-state index in [0.29, 0.717) is 11.8 Å². The SMILES string of the molecule is O=C(Nc1ccccc1)OC(CC1CC[N+]2(CCCC2)CC1)CC1CC[N+]2(CCCC2)CC1.[Br-].[Br-]. The summed E-state index contributed by atoms with van der Waals surface area (Å²) in [6, 6.07) is 9.72. The Hall–Kier alpha value is -0.630. The monoisotopic (exact) mass is 613 g/mol. The van der Waals surface area contributed by atoms with Gasteiger partial charge in [0.25, 0.3) is 0 Å². The van der Waals surface area contributed by atoms with Crippen molar-refractivity contribution in [1.29, 1.82) is 0 Å². The number of quaternary nitrogens is 2. The lowest BCUT2D eigenvalue weighted by atomic mass is 9.84. The third-order valence-corrected chi connectivity index (χ3v) is 9.56. The molecule has 0 aliphatic carbocycles. The first-order chi connectivity index (χ1) is 16.1. The second kappa shape index (κ2) is 13.3. The molecule has 4 aliphatic heterocycles. The summed E-state index contributed by atoms with van der Waals surface area (Å²) < 4.78 is 8.88. The molecule has 4 heterocycles. The van der Waals surface area contributed by atoms with E-state index in [4.69, 9.17) is 4.74 Å².